The molecule has 102 valence electrons. The van der Waals surface area contributed by atoms with E-state index in [1.54, 1.807) is 0 Å². The lowest BCUT2D eigenvalue weighted by atomic mass is 9.75. The molecule has 1 N–H and O–H groups in total. The van der Waals surface area contributed by atoms with Gasteiger partial charge in [-0.05, 0) is 35.3 Å². The van der Waals surface area contributed by atoms with Crippen molar-refractivity contribution in [2.24, 2.45) is 11.8 Å². The second-order valence-corrected chi connectivity index (χ2v) is 6.07. The lowest BCUT2D eigenvalue weighted by Crippen LogP contribution is -2.37. The predicted octanol–water partition coefficient (Wildman–Crippen LogP) is 4.70. The van der Waals surface area contributed by atoms with Crippen molar-refractivity contribution in [1.82, 2.24) is 0 Å². The van der Waals surface area contributed by atoms with Crippen LogP contribution in [-0.2, 0) is 5.60 Å². The van der Waals surface area contributed by atoms with Gasteiger partial charge in [0.15, 0.2) is 0 Å². The first-order valence-electron chi connectivity index (χ1n) is 7.16. The van der Waals surface area contributed by atoms with Gasteiger partial charge in [-0.25, -0.2) is 0 Å². The lowest BCUT2D eigenvalue weighted by Gasteiger charge is -2.37. The van der Waals surface area contributed by atoms with E-state index in [1.165, 1.54) is 5.56 Å². The molecule has 1 aromatic carbocycles. The summed E-state index contributed by atoms with van der Waals surface area (Å²) in [6.45, 7) is 12.8. The quantitative estimate of drug-likeness (QED) is 0.800. The first-order valence-corrected chi connectivity index (χ1v) is 7.16. The van der Waals surface area contributed by atoms with Crippen LogP contribution in [0.2, 0.25) is 0 Å². The largest absolute Gasteiger partial charge is 0.385 e. The van der Waals surface area contributed by atoms with E-state index in [0.29, 0.717) is 5.92 Å². The Labute approximate surface area is 112 Å². The number of hydrogen-bond donors (Lipinski definition) is 1. The van der Waals surface area contributed by atoms with Crippen molar-refractivity contribution >= 4 is 0 Å². The molecule has 0 saturated heterocycles. The minimum absolute atomic E-state index is 0.215. The van der Waals surface area contributed by atoms with Crippen molar-refractivity contribution in [3.8, 4) is 0 Å². The molecule has 1 rings (SSSR count). The standard InChI is InChI=1S/C17H28O/c1-7-14(6)15-8-10-16(11-9-15)17(18,12(2)3)13(4)5/h8-14,18H,7H2,1-6H3. The number of aliphatic hydroxyl groups is 1. The normalized spacial score (nSPS) is 14.3. The zero-order chi connectivity index (χ0) is 13.9. The van der Waals surface area contributed by atoms with Crippen LogP contribution in [0.5, 0.6) is 0 Å². The molecule has 1 nitrogen and oxygen atoms in total. The molecular weight excluding hydrogens is 220 g/mol. The number of benzene rings is 1. The van der Waals surface area contributed by atoms with Gasteiger partial charge >= 0.3 is 0 Å². The minimum Gasteiger partial charge on any atom is -0.385 e. The van der Waals surface area contributed by atoms with Gasteiger partial charge < -0.3 is 5.11 Å². The minimum atomic E-state index is -0.728. The highest BCUT2D eigenvalue weighted by atomic mass is 16.3. The predicted molar refractivity (Wildman–Crippen MR) is 78.7 cm³/mol. The van der Waals surface area contributed by atoms with E-state index < -0.39 is 5.60 Å². The molecule has 0 aromatic heterocycles. The van der Waals surface area contributed by atoms with E-state index in [4.69, 9.17) is 0 Å². The Bertz CT molecular complexity index is 354. The van der Waals surface area contributed by atoms with Crippen LogP contribution >= 0.6 is 0 Å². The molecule has 18 heavy (non-hydrogen) atoms. The van der Waals surface area contributed by atoms with Crippen molar-refractivity contribution < 1.29 is 5.11 Å². The van der Waals surface area contributed by atoms with Crippen LogP contribution in [0.1, 0.15) is 65.0 Å². The van der Waals surface area contributed by atoms with Gasteiger partial charge in [-0.1, -0.05) is 65.8 Å². The Hall–Kier alpha value is -0.820. The van der Waals surface area contributed by atoms with E-state index in [9.17, 15) is 5.11 Å². The number of rotatable bonds is 5. The summed E-state index contributed by atoms with van der Waals surface area (Å²) in [6, 6.07) is 8.53. The van der Waals surface area contributed by atoms with Gasteiger partial charge in [0.25, 0.3) is 0 Å². The first-order chi connectivity index (χ1) is 8.33. The highest BCUT2D eigenvalue weighted by Gasteiger charge is 2.36. The highest BCUT2D eigenvalue weighted by Crippen LogP contribution is 2.37. The molecule has 0 aliphatic rings. The lowest BCUT2D eigenvalue weighted by molar-refractivity contribution is -0.0531. The van der Waals surface area contributed by atoms with Crippen molar-refractivity contribution in [1.29, 1.82) is 0 Å². The Morgan fingerprint density at radius 2 is 1.39 bits per heavy atom. The summed E-state index contributed by atoms with van der Waals surface area (Å²) < 4.78 is 0. The molecule has 0 aliphatic heterocycles. The molecule has 0 radical (unpaired) electrons. The second kappa shape index (κ2) is 5.88. The van der Waals surface area contributed by atoms with Gasteiger partial charge in [0.2, 0.25) is 0 Å². The van der Waals surface area contributed by atoms with Crippen molar-refractivity contribution in [3.63, 3.8) is 0 Å². The summed E-state index contributed by atoms with van der Waals surface area (Å²) in [5, 5.41) is 10.9. The molecule has 0 fully saturated rings. The summed E-state index contributed by atoms with van der Waals surface area (Å²) >= 11 is 0. The van der Waals surface area contributed by atoms with Gasteiger partial charge in [-0.15, -0.1) is 0 Å². The maximum atomic E-state index is 10.9. The van der Waals surface area contributed by atoms with Gasteiger partial charge in [0.1, 0.15) is 0 Å². The molecule has 0 bridgehead atoms. The highest BCUT2D eigenvalue weighted by molar-refractivity contribution is 5.29. The summed E-state index contributed by atoms with van der Waals surface area (Å²) in [6.07, 6.45) is 1.15. The summed E-state index contributed by atoms with van der Waals surface area (Å²) in [5.74, 6) is 1.02. The van der Waals surface area contributed by atoms with Crippen LogP contribution in [0.3, 0.4) is 0 Å². The zero-order valence-electron chi connectivity index (χ0n) is 12.7. The fourth-order valence-electron chi connectivity index (χ4n) is 2.65. The first kappa shape index (κ1) is 15.2. The third-order valence-electron chi connectivity index (χ3n) is 4.31. The third kappa shape index (κ3) is 2.77. The van der Waals surface area contributed by atoms with Crippen LogP contribution in [0.25, 0.3) is 0 Å². The molecule has 0 spiro atoms. The van der Waals surface area contributed by atoms with Gasteiger partial charge in [0, 0.05) is 0 Å². The molecule has 1 aromatic rings. The van der Waals surface area contributed by atoms with Crippen LogP contribution in [0, 0.1) is 11.8 Å². The Morgan fingerprint density at radius 1 is 0.944 bits per heavy atom. The maximum Gasteiger partial charge on any atom is 0.0941 e. The van der Waals surface area contributed by atoms with Crippen LogP contribution in [0.4, 0.5) is 0 Å². The van der Waals surface area contributed by atoms with Crippen LogP contribution < -0.4 is 0 Å². The van der Waals surface area contributed by atoms with Crippen molar-refractivity contribution in [3.05, 3.63) is 35.4 Å². The van der Waals surface area contributed by atoms with Crippen LogP contribution in [-0.4, -0.2) is 5.11 Å². The van der Waals surface area contributed by atoms with E-state index in [-0.39, 0.29) is 11.8 Å². The third-order valence-corrected chi connectivity index (χ3v) is 4.31. The van der Waals surface area contributed by atoms with E-state index in [0.717, 1.165) is 12.0 Å². The summed E-state index contributed by atoms with van der Waals surface area (Å²) in [7, 11) is 0. The van der Waals surface area contributed by atoms with E-state index in [1.807, 2.05) is 0 Å². The van der Waals surface area contributed by atoms with Gasteiger partial charge in [0.05, 0.1) is 5.60 Å². The number of hydrogen-bond acceptors (Lipinski definition) is 1. The molecule has 0 heterocycles. The summed E-state index contributed by atoms with van der Waals surface area (Å²) in [4.78, 5) is 0. The molecule has 1 atom stereocenters. The van der Waals surface area contributed by atoms with Gasteiger partial charge in [-0.3, -0.25) is 0 Å². The SMILES string of the molecule is CCC(C)c1ccc(C(O)(C(C)C)C(C)C)cc1. The van der Waals surface area contributed by atoms with Crippen molar-refractivity contribution in [2.45, 2.75) is 59.5 Å². The monoisotopic (exact) mass is 248 g/mol. The molecule has 1 unspecified atom stereocenters. The topological polar surface area (TPSA) is 20.2 Å². The smallest absolute Gasteiger partial charge is 0.0941 e. The Balaban J connectivity index is 3.09. The second-order valence-electron chi connectivity index (χ2n) is 6.07. The van der Waals surface area contributed by atoms with Gasteiger partial charge in [-0.2, -0.15) is 0 Å². The van der Waals surface area contributed by atoms with Crippen LogP contribution in [0.15, 0.2) is 24.3 Å². The summed E-state index contributed by atoms with van der Waals surface area (Å²) in [5.41, 5.74) is 1.67. The van der Waals surface area contributed by atoms with Crippen molar-refractivity contribution in [2.75, 3.05) is 0 Å². The average Bonchev–Trinajstić information content (AvgIpc) is 2.36. The fourth-order valence-corrected chi connectivity index (χ4v) is 2.65. The molecule has 0 amide bonds. The van der Waals surface area contributed by atoms with E-state index in [2.05, 4.69) is 65.8 Å². The fraction of sp³-hybridized carbons (Fsp3) is 0.647. The molecular formula is C17H28O. The van der Waals surface area contributed by atoms with E-state index >= 15 is 0 Å². The Morgan fingerprint density at radius 3 is 1.72 bits per heavy atom. The zero-order valence-corrected chi connectivity index (χ0v) is 12.7. The Kier molecular flexibility index (Phi) is 4.98. The molecule has 0 aliphatic carbocycles. The average molecular weight is 248 g/mol. The molecule has 1 heteroatoms. The molecule has 0 saturated carbocycles. The maximum absolute atomic E-state index is 10.9.